The number of halogens is 1. The van der Waals surface area contributed by atoms with Gasteiger partial charge in [0.1, 0.15) is 18.3 Å². The van der Waals surface area contributed by atoms with Crippen molar-refractivity contribution in [2.75, 3.05) is 0 Å². The standard InChI is InChI=1S/C18H22ClN5O/c1-17(2,9-15-3-5-16(19)6-4-15)18(25,10-23-8-7-20-13-23)11-24-14-21-12-22-24/h3-8,12-14,25H,9-11H2,1-2H3. The monoisotopic (exact) mass is 359 g/mol. The summed E-state index contributed by atoms with van der Waals surface area (Å²) in [5, 5.41) is 16.5. The molecule has 0 aliphatic heterocycles. The summed E-state index contributed by atoms with van der Waals surface area (Å²) in [5.41, 5.74) is -0.366. The molecule has 0 radical (unpaired) electrons. The Labute approximate surface area is 152 Å². The Kier molecular flexibility index (Phi) is 4.92. The van der Waals surface area contributed by atoms with E-state index in [1.54, 1.807) is 23.5 Å². The van der Waals surface area contributed by atoms with E-state index in [-0.39, 0.29) is 0 Å². The number of aromatic nitrogens is 5. The molecule has 0 saturated carbocycles. The summed E-state index contributed by atoms with van der Waals surface area (Å²) in [6, 6.07) is 7.74. The smallest absolute Gasteiger partial charge is 0.137 e. The molecule has 2 aromatic heterocycles. The van der Waals surface area contributed by atoms with Crippen LogP contribution in [0.5, 0.6) is 0 Å². The average Bonchev–Trinajstić information content (AvgIpc) is 3.23. The van der Waals surface area contributed by atoms with Gasteiger partial charge in [-0.3, -0.25) is 0 Å². The molecule has 0 aliphatic rings. The molecule has 1 N–H and O–H groups in total. The topological polar surface area (TPSA) is 68.8 Å². The Balaban J connectivity index is 1.89. The van der Waals surface area contributed by atoms with Crippen LogP contribution in [-0.2, 0) is 19.5 Å². The summed E-state index contributed by atoms with van der Waals surface area (Å²) in [6.07, 6.45) is 9.07. The van der Waals surface area contributed by atoms with Crippen LogP contribution in [-0.4, -0.2) is 35.0 Å². The fourth-order valence-corrected chi connectivity index (χ4v) is 3.15. The third-order valence-electron chi connectivity index (χ3n) is 4.71. The molecule has 1 atom stereocenters. The molecule has 0 fully saturated rings. The lowest BCUT2D eigenvalue weighted by molar-refractivity contribution is -0.0946. The Hall–Kier alpha value is -2.18. The number of benzene rings is 1. The van der Waals surface area contributed by atoms with Gasteiger partial charge in [-0.25, -0.2) is 14.6 Å². The molecule has 3 rings (SSSR count). The lowest BCUT2D eigenvalue weighted by atomic mass is 9.70. The van der Waals surface area contributed by atoms with Gasteiger partial charge in [0.15, 0.2) is 0 Å². The van der Waals surface area contributed by atoms with Crippen molar-refractivity contribution in [1.82, 2.24) is 24.3 Å². The van der Waals surface area contributed by atoms with Crippen LogP contribution in [0.25, 0.3) is 0 Å². The first-order chi connectivity index (χ1) is 11.9. The highest BCUT2D eigenvalue weighted by Gasteiger charge is 2.44. The predicted molar refractivity (Wildman–Crippen MR) is 96.1 cm³/mol. The van der Waals surface area contributed by atoms with Gasteiger partial charge >= 0.3 is 0 Å². The highest BCUT2D eigenvalue weighted by Crippen LogP contribution is 2.37. The van der Waals surface area contributed by atoms with Crippen molar-refractivity contribution in [3.8, 4) is 0 Å². The van der Waals surface area contributed by atoms with E-state index >= 15 is 0 Å². The Morgan fingerprint density at radius 1 is 1.08 bits per heavy atom. The van der Waals surface area contributed by atoms with Crippen LogP contribution in [0.1, 0.15) is 19.4 Å². The van der Waals surface area contributed by atoms with Crippen LogP contribution < -0.4 is 0 Å². The van der Waals surface area contributed by atoms with E-state index in [2.05, 4.69) is 28.9 Å². The molecule has 3 aromatic rings. The maximum Gasteiger partial charge on any atom is 0.137 e. The van der Waals surface area contributed by atoms with E-state index < -0.39 is 11.0 Å². The van der Waals surface area contributed by atoms with Crippen LogP contribution in [0.2, 0.25) is 5.02 Å². The highest BCUT2D eigenvalue weighted by atomic mass is 35.5. The molecular formula is C18H22ClN5O. The quantitative estimate of drug-likeness (QED) is 0.704. The molecule has 6 nitrogen and oxygen atoms in total. The maximum atomic E-state index is 11.6. The van der Waals surface area contributed by atoms with Gasteiger partial charge in [0, 0.05) is 22.8 Å². The number of nitrogens with zero attached hydrogens (tertiary/aromatic N) is 5. The van der Waals surface area contributed by atoms with E-state index in [0.717, 1.165) is 5.56 Å². The second-order valence-corrected chi connectivity index (χ2v) is 7.48. The minimum atomic E-state index is -1.05. The van der Waals surface area contributed by atoms with Gasteiger partial charge in [-0.2, -0.15) is 5.10 Å². The first-order valence-corrected chi connectivity index (χ1v) is 8.51. The summed E-state index contributed by atoms with van der Waals surface area (Å²) in [6.45, 7) is 4.88. The largest absolute Gasteiger partial charge is 0.386 e. The second-order valence-electron chi connectivity index (χ2n) is 7.05. The summed E-state index contributed by atoms with van der Waals surface area (Å²) < 4.78 is 3.56. The fraction of sp³-hybridized carbons (Fsp3) is 0.389. The molecule has 7 heteroatoms. The average molecular weight is 360 g/mol. The third kappa shape index (κ3) is 4.08. The van der Waals surface area contributed by atoms with Crippen LogP contribution >= 0.6 is 11.6 Å². The van der Waals surface area contributed by atoms with Crippen LogP contribution in [0.4, 0.5) is 0 Å². The van der Waals surface area contributed by atoms with Crippen molar-refractivity contribution in [3.05, 3.63) is 66.2 Å². The molecule has 132 valence electrons. The molecule has 0 spiro atoms. The van der Waals surface area contributed by atoms with E-state index in [0.29, 0.717) is 24.5 Å². The van der Waals surface area contributed by atoms with Gasteiger partial charge < -0.3 is 9.67 Å². The normalized spacial score (nSPS) is 14.4. The van der Waals surface area contributed by atoms with Gasteiger partial charge in [-0.15, -0.1) is 0 Å². The van der Waals surface area contributed by atoms with Crippen molar-refractivity contribution in [2.45, 2.75) is 39.0 Å². The zero-order valence-electron chi connectivity index (χ0n) is 14.4. The number of aliphatic hydroxyl groups is 1. The summed E-state index contributed by atoms with van der Waals surface area (Å²) >= 11 is 5.98. The third-order valence-corrected chi connectivity index (χ3v) is 4.96. The second kappa shape index (κ2) is 6.98. The predicted octanol–water partition coefficient (Wildman–Crippen LogP) is 2.83. The van der Waals surface area contributed by atoms with E-state index in [9.17, 15) is 5.11 Å². The van der Waals surface area contributed by atoms with E-state index in [1.165, 1.54) is 6.33 Å². The molecule has 25 heavy (non-hydrogen) atoms. The molecule has 2 heterocycles. The van der Waals surface area contributed by atoms with Crippen LogP contribution in [0.15, 0.2) is 55.6 Å². The number of imidazole rings is 1. The van der Waals surface area contributed by atoms with Crippen molar-refractivity contribution in [3.63, 3.8) is 0 Å². The molecule has 1 aromatic carbocycles. The van der Waals surface area contributed by atoms with Crippen molar-refractivity contribution in [1.29, 1.82) is 0 Å². The molecule has 0 aliphatic carbocycles. The van der Waals surface area contributed by atoms with Gasteiger partial charge in [-0.1, -0.05) is 37.6 Å². The Morgan fingerprint density at radius 3 is 2.44 bits per heavy atom. The Bertz CT molecular complexity index is 745. The van der Waals surface area contributed by atoms with Crippen LogP contribution in [0, 0.1) is 5.41 Å². The summed E-state index contributed by atoms with van der Waals surface area (Å²) in [7, 11) is 0. The van der Waals surface area contributed by atoms with Gasteiger partial charge in [-0.05, 0) is 24.1 Å². The van der Waals surface area contributed by atoms with Crippen molar-refractivity contribution < 1.29 is 5.11 Å². The highest BCUT2D eigenvalue weighted by molar-refractivity contribution is 6.30. The van der Waals surface area contributed by atoms with Gasteiger partial charge in [0.25, 0.3) is 0 Å². The Morgan fingerprint density at radius 2 is 1.84 bits per heavy atom. The minimum absolute atomic E-state index is 0.339. The molecule has 0 bridgehead atoms. The number of hydrogen-bond acceptors (Lipinski definition) is 4. The number of hydrogen-bond donors (Lipinski definition) is 1. The lowest BCUT2D eigenvalue weighted by Gasteiger charge is -2.43. The zero-order chi connectivity index (χ0) is 17.9. The summed E-state index contributed by atoms with van der Waals surface area (Å²) in [4.78, 5) is 8.07. The van der Waals surface area contributed by atoms with Crippen molar-refractivity contribution >= 4 is 11.6 Å². The van der Waals surface area contributed by atoms with Gasteiger partial charge in [0.2, 0.25) is 0 Å². The van der Waals surface area contributed by atoms with E-state index in [4.69, 9.17) is 11.6 Å². The number of rotatable bonds is 7. The molecule has 1 unspecified atom stereocenters. The van der Waals surface area contributed by atoms with Gasteiger partial charge in [0.05, 0.1) is 19.4 Å². The van der Waals surface area contributed by atoms with Crippen molar-refractivity contribution in [2.24, 2.45) is 5.41 Å². The maximum absolute atomic E-state index is 11.6. The summed E-state index contributed by atoms with van der Waals surface area (Å²) in [5.74, 6) is 0. The zero-order valence-corrected chi connectivity index (χ0v) is 15.1. The lowest BCUT2D eigenvalue weighted by Crippen LogP contribution is -2.52. The van der Waals surface area contributed by atoms with Crippen LogP contribution in [0.3, 0.4) is 0 Å². The van der Waals surface area contributed by atoms with E-state index in [1.807, 2.05) is 35.0 Å². The molecular weight excluding hydrogens is 338 g/mol. The molecule has 0 amide bonds. The SMILES string of the molecule is CC(C)(Cc1ccc(Cl)cc1)C(O)(Cn1ccnc1)Cn1cncn1. The fourth-order valence-electron chi connectivity index (χ4n) is 3.02. The minimum Gasteiger partial charge on any atom is -0.386 e. The molecule has 0 saturated heterocycles. The first kappa shape index (κ1) is 17.6. The first-order valence-electron chi connectivity index (χ1n) is 8.13.